The van der Waals surface area contributed by atoms with Crippen LogP contribution in [0.25, 0.3) is 0 Å². The standard InChI is InChI=1S/C14H15F3N2O2/c15-14(16,17)12-2-1-10(20)7-11(12)13(21)19-6-5-18-4-3-9(19)8-18/h1-2,7,9,20H,3-6,8H2. The monoisotopic (exact) mass is 300 g/mol. The number of hydrogen-bond acceptors (Lipinski definition) is 3. The van der Waals surface area contributed by atoms with Crippen molar-refractivity contribution in [1.29, 1.82) is 0 Å². The Kier molecular flexibility index (Phi) is 3.32. The smallest absolute Gasteiger partial charge is 0.417 e. The molecule has 0 aliphatic carbocycles. The molecule has 2 atom stereocenters. The summed E-state index contributed by atoms with van der Waals surface area (Å²) in [4.78, 5) is 16.2. The Labute approximate surface area is 119 Å². The number of amides is 1. The largest absolute Gasteiger partial charge is 0.508 e. The number of carbonyl (C=O) groups is 1. The fourth-order valence-corrected chi connectivity index (χ4v) is 3.08. The number of nitrogens with zero attached hydrogens (tertiary/aromatic N) is 2. The first-order valence-corrected chi connectivity index (χ1v) is 6.80. The Morgan fingerprint density at radius 3 is 2.71 bits per heavy atom. The first-order valence-electron chi connectivity index (χ1n) is 6.80. The van der Waals surface area contributed by atoms with Gasteiger partial charge in [-0.25, -0.2) is 0 Å². The summed E-state index contributed by atoms with van der Waals surface area (Å²) in [6.07, 6.45) is -3.83. The molecule has 0 aromatic heterocycles. The van der Waals surface area contributed by atoms with Crippen molar-refractivity contribution in [2.24, 2.45) is 0 Å². The highest BCUT2D eigenvalue weighted by Gasteiger charge is 2.40. The SMILES string of the molecule is O=C(c1cc(O)ccc1C(F)(F)F)N1CCN2CCC1C2. The van der Waals surface area contributed by atoms with Crippen molar-refractivity contribution in [3.8, 4) is 5.75 Å². The quantitative estimate of drug-likeness (QED) is 0.862. The number of phenols is 1. The van der Waals surface area contributed by atoms with E-state index in [1.165, 1.54) is 4.90 Å². The minimum Gasteiger partial charge on any atom is -0.508 e. The molecule has 1 amide bonds. The molecule has 2 bridgehead atoms. The summed E-state index contributed by atoms with van der Waals surface area (Å²) in [6, 6.07) is 2.59. The van der Waals surface area contributed by atoms with Crippen molar-refractivity contribution in [2.45, 2.75) is 18.6 Å². The number of aromatic hydroxyl groups is 1. The zero-order valence-electron chi connectivity index (χ0n) is 11.2. The van der Waals surface area contributed by atoms with Crippen LogP contribution in [0.1, 0.15) is 22.3 Å². The zero-order valence-corrected chi connectivity index (χ0v) is 11.2. The molecular weight excluding hydrogens is 285 g/mol. The van der Waals surface area contributed by atoms with E-state index in [4.69, 9.17) is 0 Å². The van der Waals surface area contributed by atoms with Gasteiger partial charge in [-0.05, 0) is 24.6 Å². The predicted octanol–water partition coefficient (Wildman–Crippen LogP) is 1.94. The zero-order chi connectivity index (χ0) is 15.2. The van der Waals surface area contributed by atoms with Gasteiger partial charge in [-0.1, -0.05) is 0 Å². The number of phenolic OH excluding ortho intramolecular Hbond substituents is 1. The van der Waals surface area contributed by atoms with Crippen LogP contribution in [-0.4, -0.2) is 53.0 Å². The summed E-state index contributed by atoms with van der Waals surface area (Å²) >= 11 is 0. The molecule has 2 aliphatic heterocycles. The van der Waals surface area contributed by atoms with Crippen LogP contribution in [0.3, 0.4) is 0 Å². The summed E-state index contributed by atoms with van der Waals surface area (Å²) in [6.45, 7) is 2.70. The van der Waals surface area contributed by atoms with Crippen LogP contribution in [0.4, 0.5) is 13.2 Å². The molecule has 7 heteroatoms. The van der Waals surface area contributed by atoms with Gasteiger partial charge in [-0.15, -0.1) is 0 Å². The molecule has 0 saturated carbocycles. The van der Waals surface area contributed by atoms with E-state index in [0.717, 1.165) is 31.2 Å². The van der Waals surface area contributed by atoms with E-state index in [9.17, 15) is 23.1 Å². The number of fused-ring (bicyclic) bond motifs is 2. The molecule has 3 rings (SSSR count). The van der Waals surface area contributed by atoms with E-state index in [0.29, 0.717) is 19.6 Å². The van der Waals surface area contributed by atoms with Crippen LogP contribution < -0.4 is 0 Å². The second-order valence-corrected chi connectivity index (χ2v) is 5.47. The van der Waals surface area contributed by atoms with Crippen LogP contribution in [0.15, 0.2) is 18.2 Å². The second kappa shape index (κ2) is 4.91. The Bertz CT molecular complexity index is 574. The van der Waals surface area contributed by atoms with E-state index in [-0.39, 0.29) is 11.8 Å². The summed E-state index contributed by atoms with van der Waals surface area (Å²) in [5, 5.41) is 9.44. The molecule has 0 spiro atoms. The fourth-order valence-electron chi connectivity index (χ4n) is 3.08. The lowest BCUT2D eigenvalue weighted by Crippen LogP contribution is -2.49. The first kappa shape index (κ1) is 14.2. The van der Waals surface area contributed by atoms with Crippen molar-refractivity contribution in [3.05, 3.63) is 29.3 Å². The van der Waals surface area contributed by atoms with Crippen molar-refractivity contribution < 1.29 is 23.1 Å². The second-order valence-electron chi connectivity index (χ2n) is 5.47. The average molecular weight is 300 g/mol. The van der Waals surface area contributed by atoms with E-state index < -0.39 is 23.2 Å². The number of benzene rings is 1. The molecule has 114 valence electrons. The maximum Gasteiger partial charge on any atom is 0.417 e. The van der Waals surface area contributed by atoms with Gasteiger partial charge in [0.15, 0.2) is 0 Å². The normalized spacial score (nSPS) is 25.2. The summed E-state index contributed by atoms with van der Waals surface area (Å²) < 4.78 is 39.1. The minimum atomic E-state index is -4.61. The van der Waals surface area contributed by atoms with E-state index in [1.54, 1.807) is 0 Å². The van der Waals surface area contributed by atoms with Crippen LogP contribution in [0, 0.1) is 0 Å². The van der Waals surface area contributed by atoms with Gasteiger partial charge < -0.3 is 10.0 Å². The Morgan fingerprint density at radius 2 is 2.00 bits per heavy atom. The number of rotatable bonds is 1. The predicted molar refractivity (Wildman–Crippen MR) is 69.0 cm³/mol. The number of hydrogen-bond donors (Lipinski definition) is 1. The topological polar surface area (TPSA) is 43.8 Å². The Balaban J connectivity index is 1.95. The Morgan fingerprint density at radius 1 is 1.24 bits per heavy atom. The number of alkyl halides is 3. The number of carbonyl (C=O) groups excluding carboxylic acids is 1. The minimum absolute atomic E-state index is 0.0327. The molecule has 2 unspecified atom stereocenters. The van der Waals surface area contributed by atoms with Crippen LogP contribution >= 0.6 is 0 Å². The Hall–Kier alpha value is -1.76. The van der Waals surface area contributed by atoms with Gasteiger partial charge in [-0.3, -0.25) is 9.69 Å². The van der Waals surface area contributed by atoms with Crippen LogP contribution in [0.5, 0.6) is 5.75 Å². The van der Waals surface area contributed by atoms with Gasteiger partial charge in [0.25, 0.3) is 5.91 Å². The molecule has 2 fully saturated rings. The number of halogens is 3. The molecule has 2 saturated heterocycles. The molecule has 4 nitrogen and oxygen atoms in total. The van der Waals surface area contributed by atoms with E-state index in [1.807, 2.05) is 0 Å². The highest BCUT2D eigenvalue weighted by Crippen LogP contribution is 2.35. The third-order valence-electron chi connectivity index (χ3n) is 4.15. The van der Waals surface area contributed by atoms with Crippen LogP contribution in [0.2, 0.25) is 0 Å². The summed E-state index contributed by atoms with van der Waals surface area (Å²) in [7, 11) is 0. The maximum absolute atomic E-state index is 13.0. The van der Waals surface area contributed by atoms with Crippen LogP contribution in [-0.2, 0) is 6.18 Å². The molecule has 1 aromatic carbocycles. The van der Waals surface area contributed by atoms with Gasteiger partial charge in [0.05, 0.1) is 11.1 Å². The van der Waals surface area contributed by atoms with Crippen molar-refractivity contribution >= 4 is 5.91 Å². The van der Waals surface area contributed by atoms with Crippen molar-refractivity contribution in [1.82, 2.24) is 9.80 Å². The molecule has 0 radical (unpaired) electrons. The molecular formula is C14H15F3N2O2. The lowest BCUT2D eigenvalue weighted by molar-refractivity contribution is -0.138. The van der Waals surface area contributed by atoms with Gasteiger partial charge in [0.1, 0.15) is 5.75 Å². The lowest BCUT2D eigenvalue weighted by atomic mass is 10.0. The first-order chi connectivity index (χ1) is 9.86. The van der Waals surface area contributed by atoms with Gasteiger partial charge in [-0.2, -0.15) is 13.2 Å². The average Bonchev–Trinajstić information content (AvgIpc) is 2.78. The third kappa shape index (κ3) is 2.57. The third-order valence-corrected chi connectivity index (χ3v) is 4.15. The van der Waals surface area contributed by atoms with Gasteiger partial charge in [0.2, 0.25) is 0 Å². The molecule has 1 aromatic rings. The molecule has 2 heterocycles. The van der Waals surface area contributed by atoms with Gasteiger partial charge in [0, 0.05) is 32.2 Å². The number of piperazine rings is 1. The molecule has 21 heavy (non-hydrogen) atoms. The highest BCUT2D eigenvalue weighted by molar-refractivity contribution is 5.96. The fraction of sp³-hybridized carbons (Fsp3) is 0.500. The lowest BCUT2D eigenvalue weighted by Gasteiger charge is -2.35. The summed E-state index contributed by atoms with van der Waals surface area (Å²) in [5.41, 5.74) is -1.46. The van der Waals surface area contributed by atoms with E-state index >= 15 is 0 Å². The highest BCUT2D eigenvalue weighted by atomic mass is 19.4. The van der Waals surface area contributed by atoms with E-state index in [2.05, 4.69) is 4.90 Å². The molecule has 1 N–H and O–H groups in total. The summed E-state index contributed by atoms with van der Waals surface area (Å²) in [5.74, 6) is -0.985. The van der Waals surface area contributed by atoms with Crippen molar-refractivity contribution in [2.75, 3.05) is 26.2 Å². The maximum atomic E-state index is 13.0. The van der Waals surface area contributed by atoms with Gasteiger partial charge >= 0.3 is 6.18 Å². The van der Waals surface area contributed by atoms with Crippen molar-refractivity contribution in [3.63, 3.8) is 0 Å². The molecule has 2 aliphatic rings.